The first-order valence-corrected chi connectivity index (χ1v) is 6.29. The topological polar surface area (TPSA) is 64.6 Å². The molecule has 0 aromatic heterocycles. The summed E-state index contributed by atoms with van der Waals surface area (Å²) < 4.78 is 8.95. The number of ether oxygens (including phenoxy) is 2. The second kappa shape index (κ2) is 12.4. The van der Waals surface area contributed by atoms with Gasteiger partial charge >= 0.3 is 5.97 Å². The van der Waals surface area contributed by atoms with Gasteiger partial charge in [0, 0.05) is 6.92 Å². The average molecular weight is 261 g/mol. The van der Waals surface area contributed by atoms with E-state index in [0.717, 1.165) is 0 Å². The summed E-state index contributed by atoms with van der Waals surface area (Å²) in [6, 6.07) is 0. The van der Waals surface area contributed by atoms with Gasteiger partial charge in [-0.25, -0.2) is 0 Å². The van der Waals surface area contributed by atoms with Crippen molar-refractivity contribution in [2.45, 2.75) is 53.1 Å². The lowest BCUT2D eigenvalue weighted by Crippen LogP contribution is -2.17. The fraction of sp³-hybridized carbons (Fsp3) is 0.846. The van der Waals surface area contributed by atoms with Gasteiger partial charge in [0.05, 0.1) is 6.61 Å². The zero-order valence-corrected chi connectivity index (χ0v) is 12.2. The molecule has 0 atom stereocenters. The molecule has 0 unspecified atom stereocenters. The maximum atomic E-state index is 9.82. The Balaban J connectivity index is 0. The summed E-state index contributed by atoms with van der Waals surface area (Å²) in [5, 5.41) is 3.22. The minimum absolute atomic E-state index is 0.211. The normalized spacial score (nSPS) is 13.4. The SMILES string of the molecule is C1CCNC1.CC(C)(C)OC=O.CCOC(C)=O. The summed E-state index contributed by atoms with van der Waals surface area (Å²) in [7, 11) is 0. The van der Waals surface area contributed by atoms with Crippen LogP contribution in [0.3, 0.4) is 0 Å². The molecule has 1 aliphatic rings. The molecule has 5 heteroatoms. The summed E-state index contributed by atoms with van der Waals surface area (Å²) >= 11 is 0. The average Bonchev–Trinajstić information content (AvgIpc) is 2.73. The molecule has 1 rings (SSSR count). The van der Waals surface area contributed by atoms with Gasteiger partial charge in [0.25, 0.3) is 6.47 Å². The number of nitrogens with one attached hydrogen (secondary N) is 1. The molecule has 1 fully saturated rings. The molecular formula is C13H27NO4. The van der Waals surface area contributed by atoms with Crippen molar-refractivity contribution in [1.29, 1.82) is 0 Å². The number of hydrogen-bond acceptors (Lipinski definition) is 5. The van der Waals surface area contributed by atoms with Crippen molar-refractivity contribution in [3.8, 4) is 0 Å². The molecule has 0 aliphatic carbocycles. The fourth-order valence-corrected chi connectivity index (χ4v) is 0.973. The summed E-state index contributed by atoms with van der Waals surface area (Å²) in [6.07, 6.45) is 2.78. The van der Waals surface area contributed by atoms with Crippen molar-refractivity contribution < 1.29 is 19.1 Å². The Hall–Kier alpha value is -1.10. The van der Waals surface area contributed by atoms with Crippen LogP contribution in [0.2, 0.25) is 0 Å². The molecule has 1 saturated heterocycles. The van der Waals surface area contributed by atoms with E-state index in [1.54, 1.807) is 6.92 Å². The van der Waals surface area contributed by atoms with Crippen molar-refractivity contribution in [2.75, 3.05) is 19.7 Å². The van der Waals surface area contributed by atoms with Crippen LogP contribution in [-0.4, -0.2) is 37.7 Å². The van der Waals surface area contributed by atoms with Crippen LogP contribution in [0.1, 0.15) is 47.5 Å². The highest BCUT2D eigenvalue weighted by Gasteiger charge is 2.07. The molecule has 0 bridgehead atoms. The molecule has 1 aliphatic heterocycles. The first-order valence-electron chi connectivity index (χ1n) is 6.29. The number of hydrogen-bond donors (Lipinski definition) is 1. The molecule has 0 amide bonds. The third-order valence-electron chi connectivity index (χ3n) is 1.71. The standard InChI is InChI=1S/C5H10O2.C4H9N.C4H8O2/c1-5(2,3)7-4-6;1-2-4-5-3-1;1-3-6-4(2)5/h4H,1-3H3;5H,1-4H2;3H2,1-2H3. The van der Waals surface area contributed by atoms with E-state index in [9.17, 15) is 9.59 Å². The van der Waals surface area contributed by atoms with Gasteiger partial charge in [0.15, 0.2) is 0 Å². The van der Waals surface area contributed by atoms with Gasteiger partial charge < -0.3 is 14.8 Å². The summed E-state index contributed by atoms with van der Waals surface area (Å²) in [4.78, 5) is 19.4. The van der Waals surface area contributed by atoms with E-state index >= 15 is 0 Å². The highest BCUT2D eigenvalue weighted by Crippen LogP contribution is 2.02. The zero-order valence-electron chi connectivity index (χ0n) is 12.2. The molecular weight excluding hydrogens is 234 g/mol. The molecule has 1 N–H and O–H groups in total. The predicted octanol–water partition coefficient (Wildman–Crippen LogP) is 1.90. The second-order valence-electron chi connectivity index (χ2n) is 4.71. The van der Waals surface area contributed by atoms with Crippen LogP contribution in [0, 0.1) is 0 Å². The van der Waals surface area contributed by atoms with Gasteiger partial charge in [-0.3, -0.25) is 9.59 Å². The predicted molar refractivity (Wildman–Crippen MR) is 71.3 cm³/mol. The Labute approximate surface area is 110 Å². The quantitative estimate of drug-likeness (QED) is 0.607. The third-order valence-corrected chi connectivity index (χ3v) is 1.71. The van der Waals surface area contributed by atoms with Gasteiger partial charge in [-0.2, -0.15) is 0 Å². The number of carbonyl (C=O) groups excluding carboxylic acids is 2. The third kappa shape index (κ3) is 24.2. The lowest BCUT2D eigenvalue weighted by molar-refractivity contribution is -0.140. The largest absolute Gasteiger partial charge is 0.466 e. The van der Waals surface area contributed by atoms with Crippen molar-refractivity contribution in [3.63, 3.8) is 0 Å². The van der Waals surface area contributed by atoms with Crippen LogP contribution in [0.5, 0.6) is 0 Å². The summed E-state index contributed by atoms with van der Waals surface area (Å²) in [5.41, 5.74) is -0.318. The molecule has 0 saturated carbocycles. The molecule has 18 heavy (non-hydrogen) atoms. The minimum Gasteiger partial charge on any atom is -0.466 e. The number of carbonyl (C=O) groups is 2. The van der Waals surface area contributed by atoms with Gasteiger partial charge in [0.1, 0.15) is 5.60 Å². The minimum atomic E-state index is -0.318. The molecule has 0 spiro atoms. The van der Waals surface area contributed by atoms with Crippen molar-refractivity contribution in [1.82, 2.24) is 5.32 Å². The van der Waals surface area contributed by atoms with E-state index in [1.807, 2.05) is 20.8 Å². The Kier molecular flexibility index (Phi) is 13.2. The summed E-state index contributed by atoms with van der Waals surface area (Å²) in [5.74, 6) is -0.211. The van der Waals surface area contributed by atoms with E-state index in [1.165, 1.54) is 32.9 Å². The van der Waals surface area contributed by atoms with E-state index in [4.69, 9.17) is 0 Å². The maximum absolute atomic E-state index is 9.82. The van der Waals surface area contributed by atoms with Gasteiger partial charge in [0.2, 0.25) is 0 Å². The lowest BCUT2D eigenvalue weighted by atomic mass is 10.2. The molecule has 0 radical (unpaired) electrons. The molecule has 0 aromatic rings. The number of esters is 1. The molecule has 0 aromatic carbocycles. The van der Waals surface area contributed by atoms with Crippen molar-refractivity contribution >= 4 is 12.4 Å². The Morgan fingerprint density at radius 1 is 1.28 bits per heavy atom. The van der Waals surface area contributed by atoms with E-state index in [2.05, 4.69) is 14.8 Å². The van der Waals surface area contributed by atoms with Crippen molar-refractivity contribution in [2.24, 2.45) is 0 Å². The molecule has 108 valence electrons. The van der Waals surface area contributed by atoms with E-state index < -0.39 is 0 Å². The monoisotopic (exact) mass is 261 g/mol. The highest BCUT2D eigenvalue weighted by molar-refractivity contribution is 5.65. The van der Waals surface area contributed by atoms with Crippen LogP contribution in [0.15, 0.2) is 0 Å². The Morgan fingerprint density at radius 3 is 1.83 bits per heavy atom. The zero-order chi connectivity index (χ0) is 14.4. The second-order valence-corrected chi connectivity index (χ2v) is 4.71. The van der Waals surface area contributed by atoms with Crippen LogP contribution < -0.4 is 5.32 Å². The van der Waals surface area contributed by atoms with E-state index in [0.29, 0.717) is 13.1 Å². The van der Waals surface area contributed by atoms with Crippen molar-refractivity contribution in [3.05, 3.63) is 0 Å². The highest BCUT2D eigenvalue weighted by atomic mass is 16.5. The van der Waals surface area contributed by atoms with Crippen LogP contribution >= 0.6 is 0 Å². The number of rotatable bonds is 2. The summed E-state index contributed by atoms with van der Waals surface area (Å²) in [6.45, 7) is 12.1. The lowest BCUT2D eigenvalue weighted by Gasteiger charge is -2.14. The Bertz CT molecular complexity index is 200. The molecule has 1 heterocycles. The van der Waals surface area contributed by atoms with E-state index in [-0.39, 0.29) is 11.6 Å². The first-order chi connectivity index (χ1) is 8.33. The smallest absolute Gasteiger partial charge is 0.302 e. The van der Waals surface area contributed by atoms with Crippen LogP contribution in [0.25, 0.3) is 0 Å². The fourth-order valence-electron chi connectivity index (χ4n) is 0.973. The van der Waals surface area contributed by atoms with Crippen LogP contribution in [-0.2, 0) is 19.1 Å². The van der Waals surface area contributed by atoms with Gasteiger partial charge in [-0.1, -0.05) is 0 Å². The van der Waals surface area contributed by atoms with Crippen LogP contribution in [0.4, 0.5) is 0 Å². The maximum Gasteiger partial charge on any atom is 0.302 e. The molecule has 5 nitrogen and oxygen atoms in total. The van der Waals surface area contributed by atoms with Gasteiger partial charge in [-0.15, -0.1) is 0 Å². The van der Waals surface area contributed by atoms with Gasteiger partial charge in [-0.05, 0) is 53.6 Å². The Morgan fingerprint density at radius 2 is 1.78 bits per heavy atom. The first kappa shape index (κ1) is 19.2.